The molecule has 1 atom stereocenters. The topological polar surface area (TPSA) is 33.0 Å². The smallest absolute Gasteiger partial charge is 0.126 e. The maximum absolute atomic E-state index is 9.50. The molecule has 0 aliphatic heterocycles. The molecule has 96 valence electrons. The Bertz CT molecular complexity index is 447. The summed E-state index contributed by atoms with van der Waals surface area (Å²) in [6, 6.07) is 2.44. The standard InChI is InChI=1S/C15H18ClNO/c1-18-15-11-5-3-2-4-6-12(15)8-14(16,7-11)9-13(15)10-17/h7-8,13H,2-6,9H2,1H3/t13-,14?,15?/m1/s1. The zero-order valence-corrected chi connectivity index (χ0v) is 11.5. The maximum atomic E-state index is 9.50. The molecule has 4 aliphatic rings. The summed E-state index contributed by atoms with van der Waals surface area (Å²) < 4.78 is 5.90. The van der Waals surface area contributed by atoms with Crippen molar-refractivity contribution in [2.24, 2.45) is 5.92 Å². The molecule has 1 saturated carbocycles. The highest BCUT2D eigenvalue weighted by Gasteiger charge is 2.56. The van der Waals surface area contributed by atoms with Crippen LogP contribution in [0.25, 0.3) is 0 Å². The quantitative estimate of drug-likeness (QED) is 0.534. The van der Waals surface area contributed by atoms with Gasteiger partial charge < -0.3 is 4.74 Å². The number of allylic oxidation sites excluding steroid dienone is 2. The minimum Gasteiger partial charge on any atom is -0.368 e. The molecule has 4 aliphatic carbocycles. The fourth-order valence-electron chi connectivity index (χ4n) is 3.93. The minimum atomic E-state index is -0.466. The molecule has 0 radical (unpaired) electrons. The third-order valence-corrected chi connectivity index (χ3v) is 5.03. The van der Waals surface area contributed by atoms with Crippen molar-refractivity contribution < 1.29 is 4.74 Å². The zero-order valence-electron chi connectivity index (χ0n) is 10.7. The van der Waals surface area contributed by atoms with E-state index >= 15 is 0 Å². The zero-order chi connectivity index (χ0) is 12.8. The lowest BCUT2D eigenvalue weighted by Gasteiger charge is -2.52. The van der Waals surface area contributed by atoms with Crippen molar-refractivity contribution in [3.63, 3.8) is 0 Å². The van der Waals surface area contributed by atoms with Gasteiger partial charge in [0.1, 0.15) is 5.60 Å². The van der Waals surface area contributed by atoms with Gasteiger partial charge in [-0.05, 0) is 43.3 Å². The first-order valence-corrected chi connectivity index (χ1v) is 7.10. The Balaban J connectivity index is 2.17. The number of halogens is 1. The third-order valence-electron chi connectivity index (χ3n) is 4.66. The van der Waals surface area contributed by atoms with Crippen molar-refractivity contribution >= 4 is 11.6 Å². The Kier molecular flexibility index (Phi) is 2.80. The lowest BCUT2D eigenvalue weighted by Crippen LogP contribution is -2.54. The second-order valence-electron chi connectivity index (χ2n) is 5.65. The Morgan fingerprint density at radius 3 is 2.39 bits per heavy atom. The third kappa shape index (κ3) is 1.51. The molecular formula is C15H18ClNO. The van der Waals surface area contributed by atoms with E-state index in [2.05, 4.69) is 18.2 Å². The van der Waals surface area contributed by atoms with Crippen LogP contribution in [0.2, 0.25) is 0 Å². The van der Waals surface area contributed by atoms with Gasteiger partial charge in [0.05, 0.1) is 16.9 Å². The number of rotatable bonds is 1. The summed E-state index contributed by atoms with van der Waals surface area (Å²) >= 11 is 6.66. The maximum Gasteiger partial charge on any atom is 0.126 e. The molecule has 0 aromatic carbocycles. The predicted molar refractivity (Wildman–Crippen MR) is 71.3 cm³/mol. The number of hydrogen-bond acceptors (Lipinski definition) is 2. The summed E-state index contributed by atoms with van der Waals surface area (Å²) in [7, 11) is 1.74. The van der Waals surface area contributed by atoms with Crippen molar-refractivity contribution in [3.05, 3.63) is 23.3 Å². The van der Waals surface area contributed by atoms with Crippen molar-refractivity contribution in [2.75, 3.05) is 7.11 Å². The first-order chi connectivity index (χ1) is 8.64. The van der Waals surface area contributed by atoms with Gasteiger partial charge >= 0.3 is 0 Å². The molecular weight excluding hydrogens is 246 g/mol. The summed E-state index contributed by atoms with van der Waals surface area (Å²) in [6.07, 6.45) is 10.6. The Morgan fingerprint density at radius 2 is 1.89 bits per heavy atom. The second-order valence-corrected chi connectivity index (χ2v) is 6.36. The van der Waals surface area contributed by atoms with Crippen LogP contribution in [0.5, 0.6) is 0 Å². The number of alkyl halides is 1. The average molecular weight is 264 g/mol. The lowest BCUT2D eigenvalue weighted by atomic mass is 9.59. The summed E-state index contributed by atoms with van der Waals surface area (Å²) in [5.41, 5.74) is 2.02. The molecule has 4 rings (SSSR count). The molecule has 3 heteroatoms. The van der Waals surface area contributed by atoms with Gasteiger partial charge in [0.2, 0.25) is 0 Å². The molecule has 0 unspecified atom stereocenters. The largest absolute Gasteiger partial charge is 0.368 e. The molecule has 18 heavy (non-hydrogen) atoms. The van der Waals surface area contributed by atoms with Crippen LogP contribution in [0.3, 0.4) is 0 Å². The van der Waals surface area contributed by atoms with E-state index in [1.807, 2.05) is 0 Å². The second kappa shape index (κ2) is 4.11. The van der Waals surface area contributed by atoms with Gasteiger partial charge in [-0.2, -0.15) is 5.26 Å². The first kappa shape index (κ1) is 12.3. The van der Waals surface area contributed by atoms with Crippen LogP contribution in [0, 0.1) is 17.2 Å². The number of fused-ring (bicyclic) bond motifs is 1. The van der Waals surface area contributed by atoms with E-state index < -0.39 is 10.5 Å². The number of nitrogens with zero attached hydrogens (tertiary/aromatic N) is 1. The Hall–Kier alpha value is -0.780. The summed E-state index contributed by atoms with van der Waals surface area (Å²) in [5.74, 6) is -0.141. The van der Waals surface area contributed by atoms with Crippen LogP contribution >= 0.6 is 11.6 Å². The van der Waals surface area contributed by atoms with Crippen molar-refractivity contribution in [3.8, 4) is 6.07 Å². The molecule has 0 amide bonds. The number of ether oxygens (including phenoxy) is 1. The van der Waals surface area contributed by atoms with Crippen molar-refractivity contribution in [1.82, 2.24) is 0 Å². The highest BCUT2D eigenvalue weighted by Crippen LogP contribution is 2.56. The van der Waals surface area contributed by atoms with Gasteiger partial charge in [0.15, 0.2) is 0 Å². The fourth-order valence-corrected chi connectivity index (χ4v) is 4.35. The van der Waals surface area contributed by atoms with E-state index in [4.69, 9.17) is 16.3 Å². The molecule has 0 aromatic heterocycles. The van der Waals surface area contributed by atoms with Crippen LogP contribution in [-0.4, -0.2) is 17.6 Å². The van der Waals surface area contributed by atoms with Crippen LogP contribution in [0.1, 0.15) is 38.5 Å². The average Bonchev–Trinajstić information content (AvgIpc) is 2.35. The van der Waals surface area contributed by atoms with Gasteiger partial charge in [-0.3, -0.25) is 0 Å². The molecule has 0 saturated heterocycles. The molecule has 0 spiro atoms. The van der Waals surface area contributed by atoms with Crippen molar-refractivity contribution in [2.45, 2.75) is 49.0 Å². The number of nitriles is 1. The molecule has 0 heterocycles. The fraction of sp³-hybridized carbons (Fsp3) is 0.667. The summed E-state index contributed by atoms with van der Waals surface area (Å²) in [6.45, 7) is 0. The van der Waals surface area contributed by atoms with Crippen LogP contribution in [0.15, 0.2) is 23.3 Å². The SMILES string of the molecule is COC12C3=CC(Cl)(C=C1CCCCC3)C[C@@H]2C#N. The van der Waals surface area contributed by atoms with Gasteiger partial charge in [-0.1, -0.05) is 18.6 Å². The van der Waals surface area contributed by atoms with Crippen LogP contribution < -0.4 is 0 Å². The molecule has 2 nitrogen and oxygen atoms in total. The molecule has 0 N–H and O–H groups in total. The highest BCUT2D eigenvalue weighted by atomic mass is 35.5. The number of methoxy groups -OCH3 is 1. The van der Waals surface area contributed by atoms with E-state index in [9.17, 15) is 5.26 Å². The lowest BCUT2D eigenvalue weighted by molar-refractivity contribution is -0.00269. The Morgan fingerprint density at radius 1 is 1.28 bits per heavy atom. The van der Waals surface area contributed by atoms with E-state index in [-0.39, 0.29) is 5.92 Å². The van der Waals surface area contributed by atoms with Gasteiger partial charge in [-0.15, -0.1) is 11.6 Å². The first-order valence-electron chi connectivity index (χ1n) is 6.73. The molecule has 1 fully saturated rings. The van der Waals surface area contributed by atoms with Gasteiger partial charge in [-0.25, -0.2) is 0 Å². The van der Waals surface area contributed by atoms with Crippen LogP contribution in [-0.2, 0) is 4.74 Å². The van der Waals surface area contributed by atoms with Crippen LogP contribution in [0.4, 0.5) is 0 Å². The summed E-state index contributed by atoms with van der Waals surface area (Å²) in [4.78, 5) is -0.442. The Labute approximate surface area is 113 Å². The normalized spacial score (nSPS) is 42.4. The molecule has 0 aromatic rings. The predicted octanol–water partition coefficient (Wildman–Crippen LogP) is 3.72. The van der Waals surface area contributed by atoms with Crippen molar-refractivity contribution in [1.29, 1.82) is 5.26 Å². The molecule has 4 bridgehead atoms. The van der Waals surface area contributed by atoms with E-state index in [1.54, 1.807) is 7.11 Å². The van der Waals surface area contributed by atoms with E-state index in [0.29, 0.717) is 6.42 Å². The summed E-state index contributed by atoms with van der Waals surface area (Å²) in [5, 5.41) is 9.50. The van der Waals surface area contributed by atoms with E-state index in [0.717, 1.165) is 12.8 Å². The van der Waals surface area contributed by atoms with E-state index in [1.165, 1.54) is 30.4 Å². The highest BCUT2D eigenvalue weighted by molar-refractivity contribution is 6.27. The number of hydrogen-bond donors (Lipinski definition) is 0. The monoisotopic (exact) mass is 263 g/mol. The van der Waals surface area contributed by atoms with Gasteiger partial charge in [0.25, 0.3) is 0 Å². The van der Waals surface area contributed by atoms with Gasteiger partial charge in [0, 0.05) is 7.11 Å². The minimum absolute atomic E-state index is 0.141.